The van der Waals surface area contributed by atoms with Gasteiger partial charge < -0.3 is 18.6 Å². The Hall–Kier alpha value is -13.2. The van der Waals surface area contributed by atoms with E-state index in [4.69, 9.17) is 8.83 Å². The maximum absolute atomic E-state index is 6.81. The van der Waals surface area contributed by atoms with Crippen LogP contribution < -0.4 is 42.6 Å². The minimum absolute atomic E-state index is 0.236. The van der Waals surface area contributed by atoms with Crippen molar-refractivity contribution in [1.29, 1.82) is 0 Å². The minimum Gasteiger partial charge on any atom is -0.456 e. The van der Waals surface area contributed by atoms with Crippen molar-refractivity contribution in [3.8, 4) is 89.0 Å². The van der Waals surface area contributed by atoms with E-state index in [1.165, 1.54) is 96.9 Å². The first-order valence-electron chi connectivity index (χ1n) is 37.8. The second-order valence-corrected chi connectivity index (χ2v) is 31.2. The molecule has 0 spiro atoms. The summed E-state index contributed by atoms with van der Waals surface area (Å²) in [7, 11) is 0. The minimum atomic E-state index is -0.264. The molecule has 4 aliphatic rings. The van der Waals surface area contributed by atoms with Crippen LogP contribution in [-0.2, 0) is 0 Å². The topological polar surface area (TPSA) is 32.8 Å². The zero-order valence-corrected chi connectivity index (χ0v) is 61.1. The van der Waals surface area contributed by atoms with Crippen LogP contribution in [0.1, 0.15) is 0 Å². The summed E-state index contributed by atoms with van der Waals surface area (Å²) in [6, 6.07) is 140. The first-order valence-corrected chi connectivity index (χ1v) is 39.4. The van der Waals surface area contributed by atoms with Gasteiger partial charge in [-0.25, -0.2) is 0 Å². The van der Waals surface area contributed by atoms with E-state index in [1.807, 2.05) is 23.5 Å². The molecule has 0 saturated heterocycles. The van der Waals surface area contributed by atoms with Crippen LogP contribution in [0.3, 0.4) is 0 Å². The third kappa shape index (κ3) is 9.72. The highest BCUT2D eigenvalue weighted by Gasteiger charge is 2.48. The van der Waals surface area contributed by atoms with Crippen LogP contribution in [0.4, 0.5) is 34.1 Å². The quantitative estimate of drug-likeness (QED) is 0.127. The summed E-state index contributed by atoms with van der Waals surface area (Å²) in [6.07, 6.45) is 0. The highest BCUT2D eigenvalue weighted by atomic mass is 32.2. The molecule has 110 heavy (non-hydrogen) atoms. The van der Waals surface area contributed by atoms with Crippen molar-refractivity contribution in [1.82, 2.24) is 0 Å². The van der Waals surface area contributed by atoms with Crippen molar-refractivity contribution in [3.63, 3.8) is 0 Å². The van der Waals surface area contributed by atoms with E-state index < -0.39 is 0 Å². The zero-order chi connectivity index (χ0) is 72.1. The summed E-state index contributed by atoms with van der Waals surface area (Å²) in [6.45, 7) is -0.500. The normalized spacial score (nSPS) is 12.9. The first kappa shape index (κ1) is 62.9. The highest BCUT2D eigenvalue weighted by Crippen LogP contribution is 2.56. The molecule has 8 heteroatoms. The third-order valence-corrected chi connectivity index (χ3v) is 25.6. The van der Waals surface area contributed by atoms with Gasteiger partial charge in [0.15, 0.2) is 0 Å². The van der Waals surface area contributed by atoms with Gasteiger partial charge in [-0.1, -0.05) is 344 Å². The summed E-state index contributed by atoms with van der Waals surface area (Å²) in [5.74, 6) is 0. The van der Waals surface area contributed by atoms with E-state index in [-0.39, 0.29) is 13.4 Å². The summed E-state index contributed by atoms with van der Waals surface area (Å²) in [5.41, 5.74) is 36.3. The standard InChI is InChI=1S/C102H62B2N2O2S2/c1-8-29-63(30-9-1)74-53-55-80-101(94(74)67-37-16-5-17-38-67)109-92-59-69(72-45-27-51-90-96(72)78-43-22-24-49-88(78)107-90)57-86-98(92)103(80)82-61-83-85(62-84(82)105(86)71-41-20-7-21-42-71)106(100-76(65-33-12-3-13-34-65)47-26-48-77(100)66-35-14-4-15-36-66)87-58-70(73-46-28-52-91-97(73)79-44-23-25-50-89(79)108-91)60-93-99(87)104(83)81-56-54-75(64-31-10-2-11-32-64)95(102(81)110-93)68-39-18-6-19-40-68/h1-62H. The molecule has 17 aromatic carbocycles. The Balaban J connectivity index is 0.890. The molecular weight excluding hydrogens is 1370 g/mol. The van der Waals surface area contributed by atoms with Crippen molar-refractivity contribution >= 4 is 148 Å². The number of hydrogen-bond acceptors (Lipinski definition) is 6. The number of fused-ring (bicyclic) bond motifs is 14. The van der Waals surface area contributed by atoms with E-state index in [1.54, 1.807) is 0 Å². The van der Waals surface area contributed by atoms with E-state index in [0.717, 1.165) is 123 Å². The van der Waals surface area contributed by atoms with E-state index in [2.05, 4.69) is 386 Å². The number of nitrogens with zero attached hydrogens (tertiary/aromatic N) is 2. The van der Waals surface area contributed by atoms with Gasteiger partial charge in [0.1, 0.15) is 22.3 Å². The fourth-order valence-corrected chi connectivity index (χ4v) is 21.3. The molecule has 4 nitrogen and oxygen atoms in total. The predicted octanol–water partition coefficient (Wildman–Crippen LogP) is 24.3. The Kier molecular flexibility index (Phi) is 14.4. The van der Waals surface area contributed by atoms with Gasteiger partial charge in [0.2, 0.25) is 13.4 Å². The molecule has 0 saturated carbocycles. The molecule has 0 radical (unpaired) electrons. The molecule has 0 aliphatic carbocycles. The molecular formula is C102H62B2N2O2S2. The summed E-state index contributed by atoms with van der Waals surface area (Å²) in [4.78, 5) is 10.3. The number of rotatable bonds is 10. The number of anilines is 6. The lowest BCUT2D eigenvalue weighted by molar-refractivity contribution is 0.668. The summed E-state index contributed by atoms with van der Waals surface area (Å²) in [5, 5.41) is 4.39. The maximum atomic E-state index is 6.81. The van der Waals surface area contributed by atoms with Gasteiger partial charge in [-0.15, -0.1) is 0 Å². The highest BCUT2D eigenvalue weighted by molar-refractivity contribution is 8.00. The fourth-order valence-electron chi connectivity index (χ4n) is 18.5. The Labute approximate surface area is 646 Å². The molecule has 6 heterocycles. The lowest BCUT2D eigenvalue weighted by Gasteiger charge is -2.45. The molecule has 4 aliphatic heterocycles. The van der Waals surface area contributed by atoms with Crippen LogP contribution >= 0.6 is 23.5 Å². The van der Waals surface area contributed by atoms with Crippen molar-refractivity contribution in [3.05, 3.63) is 376 Å². The van der Waals surface area contributed by atoms with Crippen LogP contribution in [-0.4, -0.2) is 13.4 Å². The molecule has 23 rings (SSSR count). The molecule has 0 unspecified atom stereocenters. The number of para-hydroxylation sites is 4. The van der Waals surface area contributed by atoms with Crippen LogP contribution in [0.2, 0.25) is 0 Å². The Morgan fingerprint density at radius 3 is 1.04 bits per heavy atom. The van der Waals surface area contributed by atoms with E-state index >= 15 is 0 Å². The van der Waals surface area contributed by atoms with Crippen LogP contribution in [0.25, 0.3) is 133 Å². The SMILES string of the molecule is c1ccc(-c2ccc3c(c2-c2ccccc2)Sc2cc(-c4cccc5oc6ccccc6c45)cc4c2B3c2cc3c(cc2N4c2ccccc2)N(c2c(-c4ccccc4)cccc2-c2ccccc2)c2cc(-c4cccc5oc6ccccc6c45)cc4c2B3c2ccc(-c3ccccc3)c(-c3ccccc3)c2S4)cc1. The number of benzene rings is 17. The number of hydrogen-bond donors (Lipinski definition) is 0. The molecule has 0 atom stereocenters. The molecule has 0 N–H and O–H groups in total. The Morgan fingerprint density at radius 2 is 0.591 bits per heavy atom. The van der Waals surface area contributed by atoms with Crippen LogP contribution in [0.15, 0.2) is 405 Å². The van der Waals surface area contributed by atoms with Gasteiger partial charge in [-0.05, 0) is 155 Å². The van der Waals surface area contributed by atoms with Crippen molar-refractivity contribution in [2.45, 2.75) is 19.6 Å². The second kappa shape index (κ2) is 25.2. The van der Waals surface area contributed by atoms with Gasteiger partial charge in [0.25, 0.3) is 0 Å². The summed E-state index contributed by atoms with van der Waals surface area (Å²) >= 11 is 3.86. The molecule has 510 valence electrons. The predicted molar refractivity (Wildman–Crippen MR) is 464 cm³/mol. The Bertz CT molecular complexity index is 6920. The van der Waals surface area contributed by atoms with Gasteiger partial charge in [0.05, 0.1) is 5.69 Å². The van der Waals surface area contributed by atoms with Gasteiger partial charge in [0, 0.05) is 91.8 Å². The number of furan rings is 2. The lowest BCUT2D eigenvalue weighted by Crippen LogP contribution is -2.64. The van der Waals surface area contributed by atoms with Crippen molar-refractivity contribution in [2.75, 3.05) is 9.80 Å². The van der Waals surface area contributed by atoms with Gasteiger partial charge in [-0.3, -0.25) is 0 Å². The molecule has 0 amide bonds. The van der Waals surface area contributed by atoms with Gasteiger partial charge in [-0.2, -0.15) is 0 Å². The molecule has 19 aromatic rings. The zero-order valence-electron chi connectivity index (χ0n) is 59.5. The van der Waals surface area contributed by atoms with Crippen LogP contribution in [0.5, 0.6) is 0 Å². The fraction of sp³-hybridized carbons (Fsp3) is 0. The van der Waals surface area contributed by atoms with E-state index in [0.29, 0.717) is 0 Å². The smallest absolute Gasteiger partial charge is 0.249 e. The van der Waals surface area contributed by atoms with Gasteiger partial charge >= 0.3 is 0 Å². The van der Waals surface area contributed by atoms with E-state index in [9.17, 15) is 0 Å². The molecule has 0 fully saturated rings. The maximum Gasteiger partial charge on any atom is 0.249 e. The van der Waals surface area contributed by atoms with Crippen molar-refractivity contribution < 1.29 is 8.83 Å². The summed E-state index contributed by atoms with van der Waals surface area (Å²) < 4.78 is 13.6. The Morgan fingerprint density at radius 1 is 0.236 bits per heavy atom. The first-order chi connectivity index (χ1) is 54.6. The van der Waals surface area contributed by atoms with Crippen molar-refractivity contribution in [2.24, 2.45) is 0 Å². The molecule has 2 aromatic heterocycles. The monoisotopic (exact) mass is 1430 g/mol. The molecule has 0 bridgehead atoms. The second-order valence-electron chi connectivity index (χ2n) is 29.1. The third-order valence-electron chi connectivity index (χ3n) is 23.2. The van der Waals surface area contributed by atoms with Crippen LogP contribution in [0, 0.1) is 0 Å². The lowest BCUT2D eigenvalue weighted by atomic mass is 9.31. The average molecular weight is 1430 g/mol. The average Bonchev–Trinajstić information content (AvgIpc) is 0.744. The largest absolute Gasteiger partial charge is 0.456 e.